The number of methoxy groups -OCH3 is 3. The molecule has 0 aliphatic rings. The molecule has 184 valence electrons. The standard InChI is InChI=1S/C26H24N4O6/c1-34-21-14-20(23(30(32)33)25(36-3)24(21)35-2)26(31)27-15-18-16-29(19-12-8-5-9-13-19)28-22(18)17-10-6-4-7-11-17/h4-14,16H,15H2,1-3H3,(H,27,31). The first-order chi connectivity index (χ1) is 17.5. The smallest absolute Gasteiger partial charge is 0.327 e. The van der Waals surface area contributed by atoms with Crippen molar-refractivity contribution in [1.82, 2.24) is 15.1 Å². The van der Waals surface area contributed by atoms with Gasteiger partial charge in [-0.15, -0.1) is 0 Å². The summed E-state index contributed by atoms with van der Waals surface area (Å²) in [4.78, 5) is 24.4. The summed E-state index contributed by atoms with van der Waals surface area (Å²) in [7, 11) is 3.96. The largest absolute Gasteiger partial charge is 0.493 e. The van der Waals surface area contributed by atoms with Crippen molar-refractivity contribution in [3.63, 3.8) is 0 Å². The Balaban J connectivity index is 1.71. The molecule has 36 heavy (non-hydrogen) atoms. The van der Waals surface area contributed by atoms with Crippen molar-refractivity contribution < 1.29 is 23.9 Å². The second-order valence-corrected chi connectivity index (χ2v) is 7.63. The highest BCUT2D eigenvalue weighted by Gasteiger charge is 2.32. The lowest BCUT2D eigenvalue weighted by Gasteiger charge is -2.15. The average molecular weight is 489 g/mol. The van der Waals surface area contributed by atoms with Crippen LogP contribution >= 0.6 is 0 Å². The summed E-state index contributed by atoms with van der Waals surface area (Å²) in [5.74, 6) is -0.716. The Morgan fingerprint density at radius 3 is 2.19 bits per heavy atom. The van der Waals surface area contributed by atoms with Gasteiger partial charge in [0, 0.05) is 29.9 Å². The van der Waals surface area contributed by atoms with E-state index in [1.54, 1.807) is 4.68 Å². The van der Waals surface area contributed by atoms with E-state index >= 15 is 0 Å². The van der Waals surface area contributed by atoms with Gasteiger partial charge in [-0.2, -0.15) is 5.10 Å². The summed E-state index contributed by atoms with van der Waals surface area (Å²) in [6.45, 7) is 0.0731. The van der Waals surface area contributed by atoms with E-state index in [-0.39, 0.29) is 29.4 Å². The maximum absolute atomic E-state index is 13.2. The molecule has 0 spiro atoms. The molecule has 4 aromatic rings. The topological polar surface area (TPSA) is 118 Å². The molecule has 0 atom stereocenters. The van der Waals surface area contributed by atoms with Crippen LogP contribution < -0.4 is 19.5 Å². The lowest BCUT2D eigenvalue weighted by atomic mass is 10.1. The molecule has 1 heterocycles. The van der Waals surface area contributed by atoms with Crippen molar-refractivity contribution in [2.45, 2.75) is 6.54 Å². The highest BCUT2D eigenvalue weighted by molar-refractivity contribution is 6.00. The fraction of sp³-hybridized carbons (Fsp3) is 0.154. The van der Waals surface area contributed by atoms with Crippen molar-refractivity contribution in [3.05, 3.63) is 94.2 Å². The molecule has 0 bridgehead atoms. The van der Waals surface area contributed by atoms with Crippen LogP contribution in [-0.2, 0) is 6.54 Å². The second-order valence-electron chi connectivity index (χ2n) is 7.63. The zero-order valence-corrected chi connectivity index (χ0v) is 19.9. The Bertz CT molecular complexity index is 1390. The highest BCUT2D eigenvalue weighted by atomic mass is 16.6. The number of hydrogen-bond donors (Lipinski definition) is 1. The van der Waals surface area contributed by atoms with Crippen molar-refractivity contribution >= 4 is 11.6 Å². The fourth-order valence-corrected chi connectivity index (χ4v) is 3.86. The van der Waals surface area contributed by atoms with Gasteiger partial charge < -0.3 is 19.5 Å². The number of para-hydroxylation sites is 1. The Labute approximate surface area is 207 Å². The van der Waals surface area contributed by atoms with E-state index in [1.165, 1.54) is 27.4 Å². The summed E-state index contributed by atoms with van der Waals surface area (Å²) >= 11 is 0. The Morgan fingerprint density at radius 2 is 1.61 bits per heavy atom. The predicted octanol–water partition coefficient (Wildman–Crippen LogP) is 4.40. The summed E-state index contributed by atoms with van der Waals surface area (Å²) in [5.41, 5.74) is 2.40. The molecule has 0 saturated heterocycles. The van der Waals surface area contributed by atoms with Gasteiger partial charge in [0.25, 0.3) is 5.91 Å². The summed E-state index contributed by atoms with van der Waals surface area (Å²) in [6, 6.07) is 20.4. The third kappa shape index (κ3) is 4.69. The van der Waals surface area contributed by atoms with Crippen molar-refractivity contribution in [1.29, 1.82) is 0 Å². The molecule has 1 amide bonds. The number of nitrogens with one attached hydrogen (secondary N) is 1. The third-order valence-corrected chi connectivity index (χ3v) is 5.53. The maximum Gasteiger partial charge on any atom is 0.327 e. The number of nitro groups is 1. The van der Waals surface area contributed by atoms with Gasteiger partial charge in [-0.1, -0.05) is 48.5 Å². The molecule has 10 nitrogen and oxygen atoms in total. The van der Waals surface area contributed by atoms with Gasteiger partial charge in [-0.3, -0.25) is 14.9 Å². The van der Waals surface area contributed by atoms with Gasteiger partial charge in [0.15, 0.2) is 5.75 Å². The predicted molar refractivity (Wildman–Crippen MR) is 133 cm³/mol. The molecule has 0 aliphatic carbocycles. The number of carbonyl (C=O) groups excluding carboxylic acids is 1. The van der Waals surface area contributed by atoms with Crippen LogP contribution in [0.1, 0.15) is 15.9 Å². The van der Waals surface area contributed by atoms with Crippen molar-refractivity contribution in [2.24, 2.45) is 0 Å². The van der Waals surface area contributed by atoms with Gasteiger partial charge in [-0.25, -0.2) is 4.68 Å². The number of amides is 1. The first-order valence-corrected chi connectivity index (χ1v) is 10.9. The SMILES string of the molecule is COc1cc(C(=O)NCc2cn(-c3ccccc3)nc2-c2ccccc2)c([N+](=O)[O-])c(OC)c1OC. The summed E-state index contributed by atoms with van der Waals surface area (Å²) < 4.78 is 17.4. The van der Waals surface area contributed by atoms with E-state index in [9.17, 15) is 14.9 Å². The minimum atomic E-state index is -0.682. The van der Waals surface area contributed by atoms with Gasteiger partial charge in [0.2, 0.25) is 11.5 Å². The van der Waals surface area contributed by atoms with Crippen LogP contribution in [0.4, 0.5) is 5.69 Å². The molecular formula is C26H24N4O6. The van der Waals surface area contributed by atoms with E-state index in [0.29, 0.717) is 5.69 Å². The zero-order chi connectivity index (χ0) is 25.7. The first kappa shape index (κ1) is 24.3. The molecule has 10 heteroatoms. The van der Waals surface area contributed by atoms with E-state index in [4.69, 9.17) is 19.3 Å². The van der Waals surface area contributed by atoms with Crippen molar-refractivity contribution in [3.8, 4) is 34.2 Å². The summed E-state index contributed by atoms with van der Waals surface area (Å²) in [6.07, 6.45) is 1.82. The number of nitrogens with zero attached hydrogens (tertiary/aromatic N) is 3. The second kappa shape index (κ2) is 10.6. The van der Waals surface area contributed by atoms with E-state index in [0.717, 1.165) is 16.8 Å². The molecule has 1 aromatic heterocycles. The molecule has 0 fully saturated rings. The van der Waals surface area contributed by atoms with Crippen LogP contribution in [0, 0.1) is 10.1 Å². The monoisotopic (exact) mass is 488 g/mol. The summed E-state index contributed by atoms with van der Waals surface area (Å²) in [5, 5.41) is 19.4. The Morgan fingerprint density at radius 1 is 0.972 bits per heavy atom. The maximum atomic E-state index is 13.2. The lowest BCUT2D eigenvalue weighted by molar-refractivity contribution is -0.386. The molecule has 0 saturated carbocycles. The molecule has 0 unspecified atom stereocenters. The number of hydrogen-bond acceptors (Lipinski definition) is 7. The number of benzene rings is 3. The third-order valence-electron chi connectivity index (χ3n) is 5.53. The zero-order valence-electron chi connectivity index (χ0n) is 19.9. The first-order valence-electron chi connectivity index (χ1n) is 10.9. The normalized spacial score (nSPS) is 10.5. The Hall–Kier alpha value is -4.86. The van der Waals surface area contributed by atoms with Gasteiger partial charge >= 0.3 is 5.69 Å². The molecular weight excluding hydrogens is 464 g/mol. The lowest BCUT2D eigenvalue weighted by Crippen LogP contribution is -2.24. The van der Waals surface area contributed by atoms with Gasteiger partial charge in [-0.05, 0) is 12.1 Å². The quantitative estimate of drug-likeness (QED) is 0.274. The van der Waals surface area contributed by atoms with E-state index in [1.807, 2.05) is 66.9 Å². The van der Waals surface area contributed by atoms with Crippen molar-refractivity contribution in [2.75, 3.05) is 21.3 Å². The minimum Gasteiger partial charge on any atom is -0.493 e. The molecule has 4 rings (SSSR count). The average Bonchev–Trinajstić information content (AvgIpc) is 3.35. The Kier molecular flexibility index (Phi) is 7.15. The molecule has 1 N–H and O–H groups in total. The van der Waals surface area contributed by atoms with Gasteiger partial charge in [0.05, 0.1) is 37.6 Å². The molecule has 3 aromatic carbocycles. The number of rotatable bonds is 9. The minimum absolute atomic E-state index is 0.0266. The van der Waals surface area contributed by atoms with Crippen LogP contribution in [-0.4, -0.2) is 41.9 Å². The number of aromatic nitrogens is 2. The van der Waals surface area contributed by atoms with E-state index < -0.39 is 16.5 Å². The number of carbonyl (C=O) groups is 1. The number of ether oxygens (including phenoxy) is 3. The fourth-order valence-electron chi connectivity index (χ4n) is 3.86. The van der Waals surface area contributed by atoms with Crippen LogP contribution in [0.2, 0.25) is 0 Å². The van der Waals surface area contributed by atoms with E-state index in [2.05, 4.69) is 5.32 Å². The van der Waals surface area contributed by atoms with Crippen LogP contribution in [0.3, 0.4) is 0 Å². The van der Waals surface area contributed by atoms with Crippen LogP contribution in [0.25, 0.3) is 16.9 Å². The van der Waals surface area contributed by atoms with Crippen LogP contribution in [0.15, 0.2) is 72.9 Å². The molecule has 0 aliphatic heterocycles. The van der Waals surface area contributed by atoms with Crippen LogP contribution in [0.5, 0.6) is 17.2 Å². The molecule has 0 radical (unpaired) electrons. The van der Waals surface area contributed by atoms with Gasteiger partial charge in [0.1, 0.15) is 5.56 Å². The number of nitro benzene ring substituents is 1. The highest BCUT2D eigenvalue weighted by Crippen LogP contribution is 2.46.